The first-order valence-corrected chi connectivity index (χ1v) is 10.3. The minimum Gasteiger partial charge on any atom is -0.422 e. The molecular formula is C22H24N2O5. The summed E-state index contributed by atoms with van der Waals surface area (Å²) < 4.78 is 10.7. The highest BCUT2D eigenvalue weighted by Crippen LogP contribution is 2.38. The number of rotatable bonds is 3. The molecule has 4 atom stereocenters. The smallest absolute Gasteiger partial charge is 0.349 e. The molecule has 3 aliphatic rings. The predicted octanol–water partition coefficient (Wildman–Crippen LogP) is 1.80. The Morgan fingerprint density at radius 2 is 1.83 bits per heavy atom. The topological polar surface area (TPSA) is 88.8 Å². The molecule has 1 saturated carbocycles. The van der Waals surface area contributed by atoms with E-state index in [-0.39, 0.29) is 35.3 Å². The van der Waals surface area contributed by atoms with Crippen molar-refractivity contribution in [3.8, 4) is 0 Å². The number of carbonyl (C=O) groups excluding carboxylic acids is 2. The van der Waals surface area contributed by atoms with E-state index in [4.69, 9.17) is 9.15 Å². The number of hydrogen-bond donors (Lipinski definition) is 1. The predicted molar refractivity (Wildman–Crippen MR) is 105 cm³/mol. The summed E-state index contributed by atoms with van der Waals surface area (Å²) in [5.74, 6) is 0.199. The highest BCUT2D eigenvalue weighted by atomic mass is 16.5. The van der Waals surface area contributed by atoms with Crippen LogP contribution in [0.4, 0.5) is 0 Å². The van der Waals surface area contributed by atoms with Crippen LogP contribution in [0.3, 0.4) is 0 Å². The molecule has 5 rings (SSSR count). The normalized spacial score (nSPS) is 28.6. The van der Waals surface area contributed by atoms with Crippen LogP contribution in [0.1, 0.15) is 29.6 Å². The van der Waals surface area contributed by atoms with Crippen LogP contribution in [0, 0.1) is 17.8 Å². The SMILES string of the molecule is O=C(NC1[C@@H]2CC[C@H]1CN(C(=O)C1CCOC1)C2)c1cc2ccccc2oc1=O. The first kappa shape index (κ1) is 18.4. The molecule has 0 radical (unpaired) electrons. The van der Waals surface area contributed by atoms with Crippen LogP contribution in [-0.2, 0) is 9.53 Å². The number of piperidine rings is 1. The maximum Gasteiger partial charge on any atom is 0.349 e. The van der Waals surface area contributed by atoms with Crippen LogP contribution in [0.15, 0.2) is 39.5 Å². The molecule has 152 valence electrons. The quantitative estimate of drug-likeness (QED) is 0.799. The summed E-state index contributed by atoms with van der Waals surface area (Å²) in [4.78, 5) is 39.8. The molecule has 2 aromatic rings. The van der Waals surface area contributed by atoms with E-state index in [1.54, 1.807) is 18.2 Å². The van der Waals surface area contributed by atoms with Crippen LogP contribution in [0.25, 0.3) is 11.0 Å². The molecule has 2 unspecified atom stereocenters. The van der Waals surface area contributed by atoms with Crippen LogP contribution in [0.5, 0.6) is 0 Å². The molecule has 1 aromatic heterocycles. The number of amides is 2. The highest BCUT2D eigenvalue weighted by molar-refractivity contribution is 5.96. The van der Waals surface area contributed by atoms with E-state index >= 15 is 0 Å². The maximum atomic E-state index is 12.9. The number of likely N-dealkylation sites (tertiary alicyclic amines) is 1. The zero-order valence-electron chi connectivity index (χ0n) is 16.1. The minimum absolute atomic E-state index is 0.0164. The molecule has 2 aliphatic heterocycles. The number of para-hydroxylation sites is 1. The van der Waals surface area contributed by atoms with Crippen molar-refractivity contribution in [2.24, 2.45) is 17.8 Å². The molecule has 7 heteroatoms. The van der Waals surface area contributed by atoms with E-state index in [2.05, 4.69) is 5.32 Å². The van der Waals surface area contributed by atoms with Gasteiger partial charge in [-0.05, 0) is 43.2 Å². The molecule has 1 aromatic carbocycles. The van der Waals surface area contributed by atoms with Gasteiger partial charge in [-0.3, -0.25) is 9.59 Å². The largest absolute Gasteiger partial charge is 0.422 e. The Morgan fingerprint density at radius 1 is 1.07 bits per heavy atom. The molecule has 2 saturated heterocycles. The van der Waals surface area contributed by atoms with Crippen molar-refractivity contribution in [2.45, 2.75) is 25.3 Å². The Hall–Kier alpha value is -2.67. The third-order valence-corrected chi connectivity index (χ3v) is 6.61. The zero-order valence-corrected chi connectivity index (χ0v) is 16.1. The van der Waals surface area contributed by atoms with Crippen molar-refractivity contribution in [3.05, 3.63) is 46.3 Å². The van der Waals surface area contributed by atoms with E-state index < -0.39 is 11.5 Å². The third kappa shape index (κ3) is 3.33. The van der Waals surface area contributed by atoms with Gasteiger partial charge in [0, 0.05) is 31.1 Å². The number of nitrogens with zero attached hydrogens (tertiary/aromatic N) is 1. The number of nitrogens with one attached hydrogen (secondary N) is 1. The lowest BCUT2D eigenvalue weighted by Gasteiger charge is -2.39. The van der Waals surface area contributed by atoms with Crippen molar-refractivity contribution in [1.29, 1.82) is 0 Å². The van der Waals surface area contributed by atoms with Gasteiger partial charge in [-0.15, -0.1) is 0 Å². The lowest BCUT2D eigenvalue weighted by atomic mass is 9.90. The second-order valence-electron chi connectivity index (χ2n) is 8.39. The lowest BCUT2D eigenvalue weighted by molar-refractivity contribution is -0.138. The standard InChI is InChI=1S/C22H24N2O5/c25-20(17-9-13-3-1-2-4-18(13)29-22(17)27)23-19-14-5-6-15(19)11-24(10-14)21(26)16-7-8-28-12-16/h1-4,9,14-16,19H,5-8,10-12H2,(H,23,25)/t14-,15+,16?,19?. The zero-order chi connectivity index (χ0) is 20.0. The fraction of sp³-hybridized carbons (Fsp3) is 0.500. The van der Waals surface area contributed by atoms with Crippen LogP contribution >= 0.6 is 0 Å². The molecular weight excluding hydrogens is 372 g/mol. The summed E-state index contributed by atoms with van der Waals surface area (Å²) in [6, 6.07) is 8.73. The Morgan fingerprint density at radius 3 is 2.55 bits per heavy atom. The van der Waals surface area contributed by atoms with Crippen molar-refractivity contribution in [3.63, 3.8) is 0 Å². The number of fused-ring (bicyclic) bond motifs is 3. The molecule has 3 fully saturated rings. The third-order valence-electron chi connectivity index (χ3n) is 6.61. The van der Waals surface area contributed by atoms with E-state index in [1.165, 1.54) is 0 Å². The van der Waals surface area contributed by atoms with Crippen molar-refractivity contribution >= 4 is 22.8 Å². The van der Waals surface area contributed by atoms with Gasteiger partial charge >= 0.3 is 5.63 Å². The Labute approximate surface area is 168 Å². The van der Waals surface area contributed by atoms with E-state index in [9.17, 15) is 14.4 Å². The average molecular weight is 396 g/mol. The molecule has 7 nitrogen and oxygen atoms in total. The Kier molecular flexibility index (Phi) is 4.62. The first-order valence-electron chi connectivity index (χ1n) is 10.3. The van der Waals surface area contributed by atoms with Crippen LogP contribution < -0.4 is 10.9 Å². The summed E-state index contributed by atoms with van der Waals surface area (Å²) in [7, 11) is 0. The van der Waals surface area contributed by atoms with Gasteiger partial charge < -0.3 is 19.4 Å². The molecule has 2 amide bonds. The lowest BCUT2D eigenvalue weighted by Crippen LogP contribution is -2.55. The molecule has 0 spiro atoms. The molecule has 3 heterocycles. The van der Waals surface area contributed by atoms with Gasteiger partial charge in [0.25, 0.3) is 5.91 Å². The number of carbonyl (C=O) groups is 2. The average Bonchev–Trinajstić information content (AvgIpc) is 3.33. The van der Waals surface area contributed by atoms with Crippen LogP contribution in [-0.4, -0.2) is 49.1 Å². The second-order valence-corrected chi connectivity index (χ2v) is 8.39. The Balaban J connectivity index is 1.30. The van der Waals surface area contributed by atoms with Gasteiger partial charge in [-0.1, -0.05) is 18.2 Å². The van der Waals surface area contributed by atoms with Gasteiger partial charge in [-0.2, -0.15) is 0 Å². The highest BCUT2D eigenvalue weighted by Gasteiger charge is 2.45. The van der Waals surface area contributed by atoms with Crippen molar-refractivity contribution in [2.75, 3.05) is 26.3 Å². The molecule has 29 heavy (non-hydrogen) atoms. The van der Waals surface area contributed by atoms with Gasteiger partial charge in [0.2, 0.25) is 5.91 Å². The first-order chi connectivity index (χ1) is 14.1. The summed E-state index contributed by atoms with van der Waals surface area (Å²) in [6.45, 7) is 2.49. The summed E-state index contributed by atoms with van der Waals surface area (Å²) >= 11 is 0. The minimum atomic E-state index is -0.623. The summed E-state index contributed by atoms with van der Waals surface area (Å²) in [5, 5.41) is 3.79. The fourth-order valence-electron chi connectivity index (χ4n) is 5.08. The van der Waals surface area contributed by atoms with E-state index in [0.29, 0.717) is 31.9 Å². The number of hydrogen-bond acceptors (Lipinski definition) is 5. The maximum absolute atomic E-state index is 12.9. The summed E-state index contributed by atoms with van der Waals surface area (Å²) in [5.41, 5.74) is -0.121. The Bertz CT molecular complexity index is 996. The summed E-state index contributed by atoms with van der Waals surface area (Å²) in [6.07, 6.45) is 2.75. The van der Waals surface area contributed by atoms with Gasteiger partial charge in [0.15, 0.2) is 0 Å². The number of ether oxygens (including phenoxy) is 1. The monoisotopic (exact) mass is 396 g/mol. The van der Waals surface area contributed by atoms with E-state index in [0.717, 1.165) is 24.6 Å². The number of benzene rings is 1. The van der Waals surface area contributed by atoms with Gasteiger partial charge in [0.05, 0.1) is 12.5 Å². The van der Waals surface area contributed by atoms with Crippen molar-refractivity contribution in [1.82, 2.24) is 10.2 Å². The van der Waals surface area contributed by atoms with Crippen LogP contribution in [0.2, 0.25) is 0 Å². The molecule has 1 aliphatic carbocycles. The molecule has 1 N–H and O–H groups in total. The van der Waals surface area contributed by atoms with Crippen molar-refractivity contribution < 1.29 is 18.7 Å². The van der Waals surface area contributed by atoms with E-state index in [1.807, 2.05) is 17.0 Å². The molecule has 2 bridgehead atoms. The second kappa shape index (κ2) is 7.30. The fourth-order valence-corrected chi connectivity index (χ4v) is 5.08. The van der Waals surface area contributed by atoms with Gasteiger partial charge in [-0.25, -0.2) is 4.79 Å². The van der Waals surface area contributed by atoms with Gasteiger partial charge in [0.1, 0.15) is 11.1 Å².